The predicted octanol–water partition coefficient (Wildman–Crippen LogP) is 2.21. The fourth-order valence-corrected chi connectivity index (χ4v) is 2.33. The van der Waals surface area contributed by atoms with Crippen molar-refractivity contribution >= 4 is 17.3 Å². The van der Waals surface area contributed by atoms with E-state index in [0.717, 1.165) is 31.1 Å². The highest BCUT2D eigenvalue weighted by atomic mass is 32.1. The third-order valence-corrected chi connectivity index (χ3v) is 3.26. The number of nitrogens with one attached hydrogen (secondary N) is 2. The summed E-state index contributed by atoms with van der Waals surface area (Å²) >= 11 is 5.26. The summed E-state index contributed by atoms with van der Waals surface area (Å²) in [4.78, 5) is 0. The molecule has 0 aromatic carbocycles. The number of ether oxygens (including phenoxy) is 1. The highest BCUT2D eigenvalue weighted by Gasteiger charge is 2.13. The smallest absolute Gasteiger partial charge is 0.166 e. The van der Waals surface area contributed by atoms with Crippen molar-refractivity contribution in [2.24, 2.45) is 0 Å². The van der Waals surface area contributed by atoms with E-state index < -0.39 is 0 Å². The van der Waals surface area contributed by atoms with E-state index in [1.807, 2.05) is 0 Å². The van der Waals surface area contributed by atoms with Crippen molar-refractivity contribution in [1.82, 2.24) is 10.6 Å². The van der Waals surface area contributed by atoms with E-state index in [4.69, 9.17) is 17.0 Å². The second-order valence-corrected chi connectivity index (χ2v) is 4.84. The average Bonchev–Trinajstić information content (AvgIpc) is 2.30. The van der Waals surface area contributed by atoms with Crippen molar-refractivity contribution in [1.29, 1.82) is 0 Å². The molecule has 2 N–H and O–H groups in total. The Kier molecular flexibility index (Phi) is 7.51. The van der Waals surface area contributed by atoms with Gasteiger partial charge in [-0.15, -0.1) is 0 Å². The molecule has 1 saturated carbocycles. The molecule has 0 aromatic heterocycles. The van der Waals surface area contributed by atoms with Gasteiger partial charge in [0, 0.05) is 26.3 Å². The fourth-order valence-electron chi connectivity index (χ4n) is 2.06. The molecule has 16 heavy (non-hydrogen) atoms. The number of unbranched alkanes of at least 4 members (excludes halogenated alkanes) is 1. The average molecular weight is 244 g/mol. The second kappa shape index (κ2) is 8.76. The van der Waals surface area contributed by atoms with Crippen molar-refractivity contribution in [3.8, 4) is 0 Å². The summed E-state index contributed by atoms with van der Waals surface area (Å²) in [5, 5.41) is 7.48. The van der Waals surface area contributed by atoms with Crippen LogP contribution in [-0.2, 0) is 4.74 Å². The molecule has 1 aliphatic carbocycles. The van der Waals surface area contributed by atoms with Crippen LogP contribution >= 0.6 is 12.2 Å². The summed E-state index contributed by atoms with van der Waals surface area (Å²) in [5.74, 6) is 0. The molecule has 0 spiro atoms. The normalized spacial score (nSPS) is 17.1. The van der Waals surface area contributed by atoms with Crippen molar-refractivity contribution in [3.05, 3.63) is 0 Å². The van der Waals surface area contributed by atoms with Gasteiger partial charge in [0.1, 0.15) is 0 Å². The van der Waals surface area contributed by atoms with E-state index in [1.54, 1.807) is 7.11 Å². The van der Waals surface area contributed by atoms with Gasteiger partial charge in [-0.1, -0.05) is 19.3 Å². The van der Waals surface area contributed by atoms with Crippen LogP contribution in [0.1, 0.15) is 44.9 Å². The van der Waals surface area contributed by atoms with Gasteiger partial charge in [0.25, 0.3) is 0 Å². The van der Waals surface area contributed by atoms with Gasteiger partial charge in [0.2, 0.25) is 0 Å². The maximum Gasteiger partial charge on any atom is 0.166 e. The quantitative estimate of drug-likeness (QED) is 0.554. The minimum absolute atomic E-state index is 0.604. The van der Waals surface area contributed by atoms with Crippen LogP contribution in [0.5, 0.6) is 0 Å². The molecule has 0 saturated heterocycles. The van der Waals surface area contributed by atoms with Gasteiger partial charge in [0.05, 0.1) is 0 Å². The summed E-state index contributed by atoms with van der Waals surface area (Å²) in [7, 11) is 1.74. The molecule has 0 bridgehead atoms. The summed E-state index contributed by atoms with van der Waals surface area (Å²) in [5.41, 5.74) is 0. The van der Waals surface area contributed by atoms with E-state index in [-0.39, 0.29) is 0 Å². The Hall–Kier alpha value is -0.350. The third kappa shape index (κ3) is 6.28. The van der Waals surface area contributed by atoms with Crippen LogP contribution in [0, 0.1) is 0 Å². The number of hydrogen-bond donors (Lipinski definition) is 2. The lowest BCUT2D eigenvalue weighted by atomic mass is 9.96. The molecule has 0 amide bonds. The van der Waals surface area contributed by atoms with Crippen molar-refractivity contribution in [2.45, 2.75) is 51.0 Å². The summed E-state index contributed by atoms with van der Waals surface area (Å²) in [6, 6.07) is 0.604. The molecular weight excluding hydrogens is 220 g/mol. The zero-order valence-corrected chi connectivity index (χ0v) is 11.1. The van der Waals surface area contributed by atoms with Crippen LogP contribution in [0.25, 0.3) is 0 Å². The number of methoxy groups -OCH3 is 1. The molecule has 0 heterocycles. The first-order chi connectivity index (χ1) is 7.83. The third-order valence-electron chi connectivity index (χ3n) is 3.00. The molecule has 0 unspecified atom stereocenters. The molecule has 94 valence electrons. The number of rotatable bonds is 6. The van der Waals surface area contributed by atoms with Crippen LogP contribution in [0.3, 0.4) is 0 Å². The lowest BCUT2D eigenvalue weighted by molar-refractivity contribution is 0.193. The molecule has 0 aromatic rings. The first-order valence-electron chi connectivity index (χ1n) is 6.36. The molecule has 1 aliphatic rings. The summed E-state index contributed by atoms with van der Waals surface area (Å²) in [6.45, 7) is 1.78. The Bertz CT molecular complexity index is 193. The first kappa shape index (κ1) is 13.7. The largest absolute Gasteiger partial charge is 0.385 e. The van der Waals surface area contributed by atoms with Gasteiger partial charge in [-0.05, 0) is 37.9 Å². The van der Waals surface area contributed by atoms with Crippen LogP contribution in [-0.4, -0.2) is 31.4 Å². The SMILES string of the molecule is COCCCCNC(=S)NC1CCCCC1. The van der Waals surface area contributed by atoms with Gasteiger partial charge in [-0.2, -0.15) is 0 Å². The Labute approximate surface area is 104 Å². The minimum atomic E-state index is 0.604. The molecular formula is C12H24N2OS. The Morgan fingerprint density at radius 1 is 1.25 bits per heavy atom. The number of thiocarbonyl (C=S) groups is 1. The topological polar surface area (TPSA) is 33.3 Å². The Balaban J connectivity index is 1.97. The van der Waals surface area contributed by atoms with E-state index in [9.17, 15) is 0 Å². The van der Waals surface area contributed by atoms with Crippen LogP contribution in [0.2, 0.25) is 0 Å². The predicted molar refractivity (Wildman–Crippen MR) is 71.7 cm³/mol. The van der Waals surface area contributed by atoms with Gasteiger partial charge >= 0.3 is 0 Å². The first-order valence-corrected chi connectivity index (χ1v) is 6.77. The van der Waals surface area contributed by atoms with Gasteiger partial charge in [0.15, 0.2) is 5.11 Å². The maximum atomic E-state index is 5.26. The van der Waals surface area contributed by atoms with Crippen molar-refractivity contribution < 1.29 is 4.74 Å². The van der Waals surface area contributed by atoms with Crippen LogP contribution < -0.4 is 10.6 Å². The standard InChI is InChI=1S/C12H24N2OS/c1-15-10-6-5-9-13-12(16)14-11-7-3-2-4-8-11/h11H,2-10H2,1H3,(H2,13,14,16). The molecule has 0 aliphatic heterocycles. The van der Waals surface area contributed by atoms with Gasteiger partial charge in [-0.3, -0.25) is 0 Å². The van der Waals surface area contributed by atoms with Crippen LogP contribution in [0.4, 0.5) is 0 Å². The molecule has 0 atom stereocenters. The van der Waals surface area contributed by atoms with Gasteiger partial charge < -0.3 is 15.4 Å². The van der Waals surface area contributed by atoms with Gasteiger partial charge in [-0.25, -0.2) is 0 Å². The summed E-state index contributed by atoms with van der Waals surface area (Å²) < 4.78 is 4.99. The molecule has 1 fully saturated rings. The van der Waals surface area contributed by atoms with E-state index in [1.165, 1.54) is 32.1 Å². The van der Waals surface area contributed by atoms with E-state index >= 15 is 0 Å². The summed E-state index contributed by atoms with van der Waals surface area (Å²) in [6.07, 6.45) is 8.81. The molecule has 3 nitrogen and oxygen atoms in total. The Morgan fingerprint density at radius 3 is 2.69 bits per heavy atom. The monoisotopic (exact) mass is 244 g/mol. The zero-order chi connectivity index (χ0) is 11.6. The van der Waals surface area contributed by atoms with E-state index in [0.29, 0.717) is 6.04 Å². The minimum Gasteiger partial charge on any atom is -0.385 e. The zero-order valence-electron chi connectivity index (χ0n) is 10.3. The molecule has 1 rings (SSSR count). The maximum absolute atomic E-state index is 5.26. The Morgan fingerprint density at radius 2 is 2.00 bits per heavy atom. The highest BCUT2D eigenvalue weighted by molar-refractivity contribution is 7.80. The molecule has 4 heteroatoms. The van der Waals surface area contributed by atoms with Crippen LogP contribution in [0.15, 0.2) is 0 Å². The lowest BCUT2D eigenvalue weighted by Crippen LogP contribution is -2.43. The number of hydrogen-bond acceptors (Lipinski definition) is 2. The van der Waals surface area contributed by atoms with Crippen molar-refractivity contribution in [3.63, 3.8) is 0 Å². The molecule has 0 radical (unpaired) electrons. The fraction of sp³-hybridized carbons (Fsp3) is 0.917. The lowest BCUT2D eigenvalue weighted by Gasteiger charge is -2.24. The van der Waals surface area contributed by atoms with E-state index in [2.05, 4.69) is 10.6 Å². The second-order valence-electron chi connectivity index (χ2n) is 4.44. The highest BCUT2D eigenvalue weighted by Crippen LogP contribution is 2.17. The van der Waals surface area contributed by atoms with Crippen molar-refractivity contribution in [2.75, 3.05) is 20.3 Å².